The fourth-order valence-corrected chi connectivity index (χ4v) is 1.19. The largest absolute Gasteiger partial charge is 0.382 e. The number of alkyl halides is 1. The summed E-state index contributed by atoms with van der Waals surface area (Å²) in [7, 11) is 1.66. The monoisotopic (exact) mass is 267 g/mol. The lowest BCUT2D eigenvalue weighted by Crippen LogP contribution is -2.29. The summed E-state index contributed by atoms with van der Waals surface area (Å²) in [5.74, 6) is 0.499. The third kappa shape index (κ3) is 12.4. The van der Waals surface area contributed by atoms with E-state index in [1.165, 1.54) is 0 Å². The molecule has 0 saturated heterocycles. The van der Waals surface area contributed by atoms with E-state index in [0.29, 0.717) is 39.0 Å². The number of nitrogens with one attached hydrogen (secondary N) is 1. The highest BCUT2D eigenvalue weighted by Crippen LogP contribution is 2.07. The first kappa shape index (κ1) is 17.1. The van der Waals surface area contributed by atoms with Crippen molar-refractivity contribution in [1.82, 2.24) is 5.32 Å². The minimum atomic E-state index is 0.187. The van der Waals surface area contributed by atoms with Crippen LogP contribution in [0.4, 0.5) is 0 Å². The zero-order valence-corrected chi connectivity index (χ0v) is 12.0. The van der Waals surface area contributed by atoms with Gasteiger partial charge in [0.1, 0.15) is 0 Å². The number of hydrogen-bond acceptors (Lipinski definition) is 4. The van der Waals surface area contributed by atoms with E-state index in [0.717, 1.165) is 13.1 Å². The predicted octanol–water partition coefficient (Wildman–Crippen LogP) is 1.52. The average Bonchev–Trinajstić information content (AvgIpc) is 2.31. The van der Waals surface area contributed by atoms with E-state index in [2.05, 4.69) is 19.2 Å². The molecule has 1 atom stereocenters. The molecular formula is C12H26ClNO3. The van der Waals surface area contributed by atoms with Gasteiger partial charge in [0, 0.05) is 25.6 Å². The minimum Gasteiger partial charge on any atom is -0.382 e. The van der Waals surface area contributed by atoms with Gasteiger partial charge in [-0.15, -0.1) is 11.6 Å². The first-order chi connectivity index (χ1) is 8.18. The Balaban J connectivity index is 3.03. The first-order valence-corrected chi connectivity index (χ1v) is 6.61. The van der Waals surface area contributed by atoms with Crippen LogP contribution < -0.4 is 5.32 Å². The summed E-state index contributed by atoms with van der Waals surface area (Å²) in [6.45, 7) is 9.08. The lowest BCUT2D eigenvalue weighted by molar-refractivity contribution is 0.0256. The van der Waals surface area contributed by atoms with Crippen LogP contribution in [-0.4, -0.2) is 58.6 Å². The van der Waals surface area contributed by atoms with Crippen LogP contribution in [0.1, 0.15) is 13.8 Å². The summed E-state index contributed by atoms with van der Waals surface area (Å²) < 4.78 is 15.5. The van der Waals surface area contributed by atoms with Crippen molar-refractivity contribution < 1.29 is 14.2 Å². The molecule has 0 aromatic heterocycles. The molecule has 104 valence electrons. The second kappa shape index (κ2) is 12.6. The van der Waals surface area contributed by atoms with Crippen molar-refractivity contribution >= 4 is 11.6 Å². The van der Waals surface area contributed by atoms with Gasteiger partial charge in [-0.25, -0.2) is 0 Å². The molecule has 0 aliphatic heterocycles. The molecule has 4 nitrogen and oxygen atoms in total. The Kier molecular flexibility index (Phi) is 12.7. The van der Waals surface area contributed by atoms with Crippen LogP contribution in [0.5, 0.6) is 0 Å². The molecule has 0 aromatic carbocycles. The second-order valence-corrected chi connectivity index (χ2v) is 4.74. The molecule has 1 unspecified atom stereocenters. The Morgan fingerprint density at radius 3 is 2.18 bits per heavy atom. The fraction of sp³-hybridized carbons (Fsp3) is 1.00. The smallest absolute Gasteiger partial charge is 0.0701 e. The van der Waals surface area contributed by atoms with E-state index in [-0.39, 0.29) is 5.38 Å². The van der Waals surface area contributed by atoms with Gasteiger partial charge in [-0.2, -0.15) is 0 Å². The fourth-order valence-electron chi connectivity index (χ4n) is 1.08. The Hall–Kier alpha value is 0.130. The predicted molar refractivity (Wildman–Crippen MR) is 70.9 cm³/mol. The van der Waals surface area contributed by atoms with Crippen molar-refractivity contribution in [3.05, 3.63) is 0 Å². The molecule has 0 bridgehead atoms. The van der Waals surface area contributed by atoms with Crippen LogP contribution in [0.15, 0.2) is 0 Å². The number of halogens is 1. The molecule has 0 fully saturated rings. The molecule has 0 heterocycles. The normalized spacial score (nSPS) is 13.2. The Morgan fingerprint density at radius 1 is 1.00 bits per heavy atom. The summed E-state index contributed by atoms with van der Waals surface area (Å²) in [4.78, 5) is 0. The Morgan fingerprint density at radius 2 is 1.59 bits per heavy atom. The first-order valence-electron chi connectivity index (χ1n) is 6.17. The summed E-state index contributed by atoms with van der Waals surface area (Å²) in [6, 6.07) is 0. The minimum absolute atomic E-state index is 0.187. The maximum absolute atomic E-state index is 6.09. The van der Waals surface area contributed by atoms with Gasteiger partial charge in [0.05, 0.1) is 33.0 Å². The quantitative estimate of drug-likeness (QED) is 0.430. The van der Waals surface area contributed by atoms with E-state index < -0.39 is 0 Å². The summed E-state index contributed by atoms with van der Waals surface area (Å²) in [5.41, 5.74) is 0. The van der Waals surface area contributed by atoms with Gasteiger partial charge >= 0.3 is 0 Å². The standard InChI is InChI=1S/C12H26ClNO3/c1-11(2)12(13)10-14-4-5-16-8-9-17-7-6-15-3/h11-12,14H,4-10H2,1-3H3. The van der Waals surface area contributed by atoms with Gasteiger partial charge in [-0.05, 0) is 5.92 Å². The maximum Gasteiger partial charge on any atom is 0.0701 e. The SMILES string of the molecule is COCCOCCOCCNCC(Cl)C(C)C. The van der Waals surface area contributed by atoms with Gasteiger partial charge < -0.3 is 19.5 Å². The zero-order valence-electron chi connectivity index (χ0n) is 11.2. The van der Waals surface area contributed by atoms with Crippen LogP contribution in [0, 0.1) is 5.92 Å². The molecule has 0 saturated carbocycles. The molecule has 17 heavy (non-hydrogen) atoms. The molecule has 5 heteroatoms. The van der Waals surface area contributed by atoms with E-state index >= 15 is 0 Å². The number of hydrogen-bond donors (Lipinski definition) is 1. The van der Waals surface area contributed by atoms with Gasteiger partial charge in [-0.1, -0.05) is 13.8 Å². The maximum atomic E-state index is 6.09. The van der Waals surface area contributed by atoms with E-state index in [1.54, 1.807) is 7.11 Å². The molecular weight excluding hydrogens is 242 g/mol. The van der Waals surface area contributed by atoms with Crippen molar-refractivity contribution in [2.75, 3.05) is 53.2 Å². The van der Waals surface area contributed by atoms with Crippen LogP contribution in [0.25, 0.3) is 0 Å². The molecule has 0 aliphatic carbocycles. The highest BCUT2D eigenvalue weighted by atomic mass is 35.5. The average molecular weight is 268 g/mol. The van der Waals surface area contributed by atoms with Gasteiger partial charge in [0.2, 0.25) is 0 Å². The van der Waals surface area contributed by atoms with Crippen LogP contribution in [0.2, 0.25) is 0 Å². The van der Waals surface area contributed by atoms with Crippen LogP contribution >= 0.6 is 11.6 Å². The summed E-state index contributed by atoms with van der Waals surface area (Å²) >= 11 is 6.09. The Bertz CT molecular complexity index is 159. The molecule has 0 aromatic rings. The molecule has 0 radical (unpaired) electrons. The van der Waals surface area contributed by atoms with E-state index in [4.69, 9.17) is 25.8 Å². The van der Waals surface area contributed by atoms with Crippen molar-refractivity contribution in [1.29, 1.82) is 0 Å². The van der Waals surface area contributed by atoms with Crippen molar-refractivity contribution in [3.63, 3.8) is 0 Å². The van der Waals surface area contributed by atoms with E-state index in [1.807, 2.05) is 0 Å². The molecule has 0 amide bonds. The van der Waals surface area contributed by atoms with Crippen molar-refractivity contribution in [2.45, 2.75) is 19.2 Å². The number of ether oxygens (including phenoxy) is 3. The van der Waals surface area contributed by atoms with Crippen LogP contribution in [0.3, 0.4) is 0 Å². The third-order valence-electron chi connectivity index (χ3n) is 2.29. The second-order valence-electron chi connectivity index (χ2n) is 4.18. The lowest BCUT2D eigenvalue weighted by atomic mass is 10.1. The topological polar surface area (TPSA) is 39.7 Å². The van der Waals surface area contributed by atoms with E-state index in [9.17, 15) is 0 Å². The van der Waals surface area contributed by atoms with Crippen molar-refractivity contribution in [3.8, 4) is 0 Å². The Labute approximate surface area is 110 Å². The van der Waals surface area contributed by atoms with Gasteiger partial charge in [0.15, 0.2) is 0 Å². The molecule has 0 aliphatic rings. The highest BCUT2D eigenvalue weighted by molar-refractivity contribution is 6.20. The molecule has 1 N–H and O–H groups in total. The summed E-state index contributed by atoms with van der Waals surface area (Å²) in [6.07, 6.45) is 0. The molecule has 0 rings (SSSR count). The number of methoxy groups -OCH3 is 1. The van der Waals surface area contributed by atoms with Gasteiger partial charge in [0.25, 0.3) is 0 Å². The molecule has 0 spiro atoms. The van der Waals surface area contributed by atoms with Gasteiger partial charge in [-0.3, -0.25) is 0 Å². The lowest BCUT2D eigenvalue weighted by Gasteiger charge is -2.14. The van der Waals surface area contributed by atoms with Crippen LogP contribution in [-0.2, 0) is 14.2 Å². The van der Waals surface area contributed by atoms with Crippen molar-refractivity contribution in [2.24, 2.45) is 5.92 Å². The number of rotatable bonds is 12. The zero-order chi connectivity index (χ0) is 12.9. The highest BCUT2D eigenvalue weighted by Gasteiger charge is 2.07. The third-order valence-corrected chi connectivity index (χ3v) is 2.95. The summed E-state index contributed by atoms with van der Waals surface area (Å²) in [5, 5.41) is 3.45.